The second kappa shape index (κ2) is 5.77. The number of rotatable bonds is 6. The zero-order chi connectivity index (χ0) is 12.1. The highest BCUT2D eigenvalue weighted by molar-refractivity contribution is 7.09. The zero-order valence-corrected chi connectivity index (χ0v) is 11.0. The fraction of sp³-hybridized carbons (Fsp3) is 0.545. The van der Waals surface area contributed by atoms with Crippen LogP contribution in [-0.4, -0.2) is 25.7 Å². The topological polar surface area (TPSA) is 55.6 Å². The molecule has 0 spiro atoms. The Morgan fingerprint density at radius 2 is 2.29 bits per heavy atom. The van der Waals surface area contributed by atoms with Gasteiger partial charge in [0.05, 0.1) is 5.69 Å². The van der Waals surface area contributed by atoms with Crippen molar-refractivity contribution >= 4 is 16.7 Å². The number of anilines is 1. The lowest BCUT2D eigenvalue weighted by Crippen LogP contribution is -2.05. The predicted molar refractivity (Wildman–Crippen MR) is 69.3 cm³/mol. The molecule has 0 amide bonds. The zero-order valence-electron chi connectivity index (χ0n) is 10.2. The third-order valence-electron chi connectivity index (χ3n) is 2.37. The number of hydrogen-bond acceptors (Lipinski definition) is 5. The summed E-state index contributed by atoms with van der Waals surface area (Å²) in [6, 6.07) is 2.03. The van der Waals surface area contributed by atoms with Crippen LogP contribution in [0.4, 0.5) is 5.13 Å². The van der Waals surface area contributed by atoms with Crippen molar-refractivity contribution in [1.82, 2.24) is 19.1 Å². The summed E-state index contributed by atoms with van der Waals surface area (Å²) >= 11 is 1.43. The standard InChI is InChI=1S/C11H17N5S/c1-3-4-10-13-11(17-15-10)12-7-5-9-6-8-16(2)14-9/h6,8H,3-5,7H2,1-2H3,(H,12,13,15). The highest BCUT2D eigenvalue weighted by atomic mass is 32.1. The number of nitrogens with one attached hydrogen (secondary N) is 1. The first-order chi connectivity index (χ1) is 8.28. The third-order valence-corrected chi connectivity index (χ3v) is 3.08. The van der Waals surface area contributed by atoms with Gasteiger partial charge in [-0.2, -0.15) is 9.47 Å². The third kappa shape index (κ3) is 3.52. The molecule has 0 bridgehead atoms. The molecule has 92 valence electrons. The van der Waals surface area contributed by atoms with E-state index >= 15 is 0 Å². The van der Waals surface area contributed by atoms with Crippen molar-refractivity contribution in [3.05, 3.63) is 23.8 Å². The quantitative estimate of drug-likeness (QED) is 0.851. The van der Waals surface area contributed by atoms with Crippen LogP contribution in [0.3, 0.4) is 0 Å². The predicted octanol–water partition coefficient (Wildman–Crippen LogP) is 1.88. The molecule has 0 aliphatic rings. The SMILES string of the molecule is CCCc1nsc(NCCc2ccn(C)n2)n1. The van der Waals surface area contributed by atoms with Crippen LogP contribution < -0.4 is 5.32 Å². The number of hydrogen-bond donors (Lipinski definition) is 1. The minimum absolute atomic E-state index is 0.845. The maximum Gasteiger partial charge on any atom is 0.202 e. The summed E-state index contributed by atoms with van der Waals surface area (Å²) in [6.45, 7) is 2.98. The van der Waals surface area contributed by atoms with Gasteiger partial charge in [-0.15, -0.1) is 0 Å². The van der Waals surface area contributed by atoms with Crippen molar-refractivity contribution < 1.29 is 0 Å². The molecule has 0 aliphatic carbocycles. The van der Waals surface area contributed by atoms with Crippen LogP contribution in [0.5, 0.6) is 0 Å². The lowest BCUT2D eigenvalue weighted by molar-refractivity contribution is 0.742. The van der Waals surface area contributed by atoms with E-state index in [9.17, 15) is 0 Å². The molecule has 1 N–H and O–H groups in total. The molecule has 2 aromatic heterocycles. The van der Waals surface area contributed by atoms with Crippen LogP contribution >= 0.6 is 11.5 Å². The number of aromatic nitrogens is 4. The van der Waals surface area contributed by atoms with E-state index in [1.807, 2.05) is 24.0 Å². The lowest BCUT2D eigenvalue weighted by Gasteiger charge is -1.99. The smallest absolute Gasteiger partial charge is 0.202 e. The maximum absolute atomic E-state index is 4.41. The molecular weight excluding hydrogens is 234 g/mol. The van der Waals surface area contributed by atoms with E-state index in [4.69, 9.17) is 0 Å². The Labute approximate surface area is 105 Å². The van der Waals surface area contributed by atoms with E-state index in [1.54, 1.807) is 0 Å². The molecule has 0 aromatic carbocycles. The van der Waals surface area contributed by atoms with Crippen molar-refractivity contribution in [3.63, 3.8) is 0 Å². The Morgan fingerprint density at radius 1 is 1.41 bits per heavy atom. The van der Waals surface area contributed by atoms with Gasteiger partial charge in [-0.05, 0) is 12.5 Å². The summed E-state index contributed by atoms with van der Waals surface area (Å²) in [7, 11) is 1.93. The van der Waals surface area contributed by atoms with Crippen molar-refractivity contribution in [3.8, 4) is 0 Å². The largest absolute Gasteiger partial charge is 0.360 e. The first-order valence-corrected chi connectivity index (χ1v) is 6.60. The second-order valence-corrected chi connectivity index (χ2v) is 4.68. The van der Waals surface area contributed by atoms with Crippen LogP contribution in [0.15, 0.2) is 12.3 Å². The maximum atomic E-state index is 4.41. The van der Waals surface area contributed by atoms with Crippen LogP contribution in [0.25, 0.3) is 0 Å². The van der Waals surface area contributed by atoms with Crippen molar-refractivity contribution in [2.45, 2.75) is 26.2 Å². The monoisotopic (exact) mass is 251 g/mol. The molecule has 2 rings (SSSR count). The van der Waals surface area contributed by atoms with Gasteiger partial charge in [0.2, 0.25) is 5.13 Å². The second-order valence-electron chi connectivity index (χ2n) is 3.92. The van der Waals surface area contributed by atoms with E-state index in [1.165, 1.54) is 11.5 Å². The molecule has 0 atom stereocenters. The Morgan fingerprint density at radius 3 is 3.00 bits per heavy atom. The molecular formula is C11H17N5S. The van der Waals surface area contributed by atoms with Crippen LogP contribution in [-0.2, 0) is 19.9 Å². The van der Waals surface area contributed by atoms with Gasteiger partial charge in [0.1, 0.15) is 5.82 Å². The molecule has 0 saturated carbocycles. The molecule has 2 aromatic rings. The van der Waals surface area contributed by atoms with Crippen molar-refractivity contribution in [2.24, 2.45) is 7.05 Å². The molecule has 17 heavy (non-hydrogen) atoms. The summed E-state index contributed by atoms with van der Waals surface area (Å²) in [5.41, 5.74) is 1.10. The van der Waals surface area contributed by atoms with E-state index < -0.39 is 0 Å². The fourth-order valence-corrected chi connectivity index (χ4v) is 2.18. The Balaban J connectivity index is 1.77. The summed E-state index contributed by atoms with van der Waals surface area (Å²) in [5, 5.41) is 8.50. The first-order valence-electron chi connectivity index (χ1n) is 5.83. The average molecular weight is 251 g/mol. The van der Waals surface area contributed by atoms with Gasteiger partial charge in [-0.3, -0.25) is 4.68 Å². The van der Waals surface area contributed by atoms with E-state index in [2.05, 4.69) is 26.7 Å². The number of nitrogens with zero attached hydrogens (tertiary/aromatic N) is 4. The Bertz CT molecular complexity index is 462. The Kier molecular flexibility index (Phi) is 4.08. The van der Waals surface area contributed by atoms with Gasteiger partial charge in [-0.1, -0.05) is 6.92 Å². The van der Waals surface area contributed by atoms with Gasteiger partial charge in [-0.25, -0.2) is 4.98 Å². The Hall–Kier alpha value is -1.43. The number of aryl methyl sites for hydroxylation is 2. The molecule has 0 saturated heterocycles. The molecule has 0 unspecified atom stereocenters. The summed E-state index contributed by atoms with van der Waals surface area (Å²) in [6.07, 6.45) is 4.91. The van der Waals surface area contributed by atoms with Gasteiger partial charge < -0.3 is 5.32 Å². The van der Waals surface area contributed by atoms with Crippen molar-refractivity contribution in [1.29, 1.82) is 0 Å². The molecule has 0 radical (unpaired) electrons. The minimum Gasteiger partial charge on any atom is -0.360 e. The summed E-state index contributed by atoms with van der Waals surface area (Å²) < 4.78 is 6.10. The highest BCUT2D eigenvalue weighted by Gasteiger charge is 2.02. The van der Waals surface area contributed by atoms with Gasteiger partial charge in [0.25, 0.3) is 0 Å². The van der Waals surface area contributed by atoms with Crippen molar-refractivity contribution in [2.75, 3.05) is 11.9 Å². The molecule has 0 fully saturated rings. The minimum atomic E-state index is 0.845. The van der Waals surface area contributed by atoms with Crippen LogP contribution in [0.1, 0.15) is 24.9 Å². The summed E-state index contributed by atoms with van der Waals surface area (Å²) in [4.78, 5) is 4.41. The summed E-state index contributed by atoms with van der Waals surface area (Å²) in [5.74, 6) is 0.942. The average Bonchev–Trinajstić information content (AvgIpc) is 2.89. The van der Waals surface area contributed by atoms with Crippen LogP contribution in [0, 0.1) is 0 Å². The van der Waals surface area contributed by atoms with Gasteiger partial charge in [0, 0.05) is 44.2 Å². The molecule has 6 heteroatoms. The van der Waals surface area contributed by atoms with Gasteiger partial charge in [0.15, 0.2) is 0 Å². The van der Waals surface area contributed by atoms with Crippen LogP contribution in [0.2, 0.25) is 0 Å². The van der Waals surface area contributed by atoms with Gasteiger partial charge >= 0.3 is 0 Å². The lowest BCUT2D eigenvalue weighted by atomic mass is 10.3. The normalized spacial score (nSPS) is 10.7. The highest BCUT2D eigenvalue weighted by Crippen LogP contribution is 2.11. The van der Waals surface area contributed by atoms with E-state index in [-0.39, 0.29) is 0 Å². The van der Waals surface area contributed by atoms with E-state index in [0.717, 1.165) is 42.5 Å². The first kappa shape index (κ1) is 12.0. The fourth-order valence-electron chi connectivity index (χ4n) is 1.54. The molecule has 0 aliphatic heterocycles. The van der Waals surface area contributed by atoms with E-state index in [0.29, 0.717) is 0 Å². The molecule has 2 heterocycles. The molecule has 5 nitrogen and oxygen atoms in total.